The molecule has 0 N–H and O–H groups in total. The molecule has 0 spiro atoms. The Hall–Kier alpha value is -2.82. The van der Waals surface area contributed by atoms with Crippen LogP contribution in [0.4, 0.5) is 0 Å². The van der Waals surface area contributed by atoms with Gasteiger partial charge in [0.1, 0.15) is 11.5 Å². The highest BCUT2D eigenvalue weighted by atomic mass is 16.5. The van der Waals surface area contributed by atoms with Gasteiger partial charge in [0.25, 0.3) is 5.91 Å². The van der Waals surface area contributed by atoms with Crippen molar-refractivity contribution in [1.29, 1.82) is 0 Å². The zero-order chi connectivity index (χ0) is 16.8. The van der Waals surface area contributed by atoms with Crippen molar-refractivity contribution in [1.82, 2.24) is 4.90 Å². The number of carbonyl (C=O) groups is 2. The number of amides is 1. The Bertz CT molecular complexity index is 665. The van der Waals surface area contributed by atoms with Gasteiger partial charge in [0.15, 0.2) is 6.10 Å². The third-order valence-corrected chi connectivity index (χ3v) is 3.14. The van der Waals surface area contributed by atoms with Gasteiger partial charge in [-0.2, -0.15) is 0 Å². The molecule has 2 aromatic carbocycles. The fraction of sp³-hybridized carbons (Fsp3) is 0.222. The van der Waals surface area contributed by atoms with E-state index < -0.39 is 12.1 Å². The summed E-state index contributed by atoms with van der Waals surface area (Å²) < 4.78 is 10.8. The predicted molar refractivity (Wildman–Crippen MR) is 86.5 cm³/mol. The molecule has 23 heavy (non-hydrogen) atoms. The first-order valence-corrected chi connectivity index (χ1v) is 7.22. The summed E-state index contributed by atoms with van der Waals surface area (Å²) in [5.74, 6) is 0.527. The summed E-state index contributed by atoms with van der Waals surface area (Å²) in [5.41, 5.74) is 0.365. The summed E-state index contributed by atoms with van der Waals surface area (Å²) in [5, 5.41) is 0. The second-order valence-electron chi connectivity index (χ2n) is 5.22. The molecule has 0 bridgehead atoms. The van der Waals surface area contributed by atoms with Crippen LogP contribution >= 0.6 is 0 Å². The lowest BCUT2D eigenvalue weighted by Gasteiger charge is -2.17. The fourth-order valence-electron chi connectivity index (χ4n) is 1.93. The number of hydrogen-bond acceptors (Lipinski definition) is 4. The van der Waals surface area contributed by atoms with E-state index in [1.54, 1.807) is 45.3 Å². The molecular formula is C18H19NO4. The zero-order valence-electron chi connectivity index (χ0n) is 13.4. The first-order chi connectivity index (χ1) is 11.0. The van der Waals surface area contributed by atoms with Crippen LogP contribution in [0.2, 0.25) is 0 Å². The van der Waals surface area contributed by atoms with Gasteiger partial charge in [-0.05, 0) is 43.3 Å². The second kappa shape index (κ2) is 7.45. The van der Waals surface area contributed by atoms with E-state index >= 15 is 0 Å². The van der Waals surface area contributed by atoms with Gasteiger partial charge >= 0.3 is 5.97 Å². The van der Waals surface area contributed by atoms with Crippen LogP contribution in [0.3, 0.4) is 0 Å². The molecule has 0 aliphatic rings. The topological polar surface area (TPSA) is 55.8 Å². The fourth-order valence-corrected chi connectivity index (χ4v) is 1.93. The number of para-hydroxylation sites is 1. The average Bonchev–Trinajstić information content (AvgIpc) is 2.55. The number of nitrogens with zero attached hydrogens (tertiary/aromatic N) is 1. The van der Waals surface area contributed by atoms with E-state index in [1.807, 2.05) is 30.3 Å². The molecule has 0 aromatic heterocycles. The Morgan fingerprint density at radius 1 is 0.913 bits per heavy atom. The Kier molecular flexibility index (Phi) is 5.36. The largest absolute Gasteiger partial charge is 0.457 e. The first-order valence-electron chi connectivity index (χ1n) is 7.22. The molecule has 0 heterocycles. The number of hydrogen-bond donors (Lipinski definition) is 0. The summed E-state index contributed by atoms with van der Waals surface area (Å²) in [6.07, 6.45) is -0.822. The van der Waals surface area contributed by atoms with Crippen LogP contribution in [-0.4, -0.2) is 37.0 Å². The predicted octanol–water partition coefficient (Wildman–Crippen LogP) is 3.11. The third-order valence-electron chi connectivity index (χ3n) is 3.14. The van der Waals surface area contributed by atoms with Gasteiger partial charge < -0.3 is 14.4 Å². The van der Waals surface area contributed by atoms with Crippen LogP contribution in [-0.2, 0) is 9.53 Å². The molecule has 0 fully saturated rings. The van der Waals surface area contributed by atoms with E-state index in [0.29, 0.717) is 17.1 Å². The van der Waals surface area contributed by atoms with Crippen LogP contribution < -0.4 is 4.74 Å². The maximum atomic E-state index is 12.0. The quantitative estimate of drug-likeness (QED) is 0.796. The lowest BCUT2D eigenvalue weighted by molar-refractivity contribution is -0.137. The van der Waals surface area contributed by atoms with Crippen molar-refractivity contribution in [3.05, 3.63) is 60.2 Å². The van der Waals surface area contributed by atoms with Gasteiger partial charge in [-0.3, -0.25) is 4.79 Å². The zero-order valence-corrected chi connectivity index (χ0v) is 13.4. The molecule has 0 saturated heterocycles. The minimum absolute atomic E-state index is 0.262. The van der Waals surface area contributed by atoms with Gasteiger partial charge in [-0.25, -0.2) is 4.79 Å². The van der Waals surface area contributed by atoms with E-state index in [-0.39, 0.29) is 5.91 Å². The standard InChI is InChI=1S/C18H19NO4/c1-13(17(20)19(2)3)22-18(21)14-9-11-16(12-10-14)23-15-7-5-4-6-8-15/h4-13H,1-3H3/t13-/m0/s1. The van der Waals surface area contributed by atoms with Gasteiger partial charge in [-0.15, -0.1) is 0 Å². The lowest BCUT2D eigenvalue weighted by Crippen LogP contribution is -2.34. The van der Waals surface area contributed by atoms with Crippen LogP contribution in [0, 0.1) is 0 Å². The average molecular weight is 313 g/mol. The van der Waals surface area contributed by atoms with E-state index in [0.717, 1.165) is 0 Å². The van der Waals surface area contributed by atoms with Crippen molar-refractivity contribution < 1.29 is 19.1 Å². The smallest absolute Gasteiger partial charge is 0.338 e. The number of benzene rings is 2. The minimum Gasteiger partial charge on any atom is -0.457 e. The monoisotopic (exact) mass is 313 g/mol. The molecule has 0 saturated carbocycles. The van der Waals surface area contributed by atoms with Crippen molar-refractivity contribution in [2.45, 2.75) is 13.0 Å². The molecule has 1 amide bonds. The maximum Gasteiger partial charge on any atom is 0.338 e. The minimum atomic E-state index is -0.822. The molecule has 120 valence electrons. The van der Waals surface area contributed by atoms with Crippen LogP contribution in [0.1, 0.15) is 17.3 Å². The van der Waals surface area contributed by atoms with Crippen LogP contribution in [0.15, 0.2) is 54.6 Å². The van der Waals surface area contributed by atoms with Crippen molar-refractivity contribution >= 4 is 11.9 Å². The lowest BCUT2D eigenvalue weighted by atomic mass is 10.2. The first kappa shape index (κ1) is 16.5. The molecule has 5 heteroatoms. The summed E-state index contributed by atoms with van der Waals surface area (Å²) in [6, 6.07) is 15.9. The Morgan fingerprint density at radius 3 is 2.04 bits per heavy atom. The molecule has 0 unspecified atom stereocenters. The van der Waals surface area contributed by atoms with E-state index in [1.165, 1.54) is 4.90 Å². The number of rotatable bonds is 5. The number of esters is 1. The molecule has 2 aromatic rings. The Morgan fingerprint density at radius 2 is 1.48 bits per heavy atom. The summed E-state index contributed by atoms with van der Waals surface area (Å²) in [4.78, 5) is 25.1. The number of likely N-dealkylation sites (N-methyl/N-ethyl adjacent to an activating group) is 1. The highest BCUT2D eigenvalue weighted by Gasteiger charge is 2.20. The van der Waals surface area contributed by atoms with Crippen molar-refractivity contribution in [2.75, 3.05) is 14.1 Å². The molecule has 0 aliphatic carbocycles. The number of ether oxygens (including phenoxy) is 2. The second-order valence-corrected chi connectivity index (χ2v) is 5.22. The van der Waals surface area contributed by atoms with Crippen molar-refractivity contribution in [2.24, 2.45) is 0 Å². The normalized spacial score (nSPS) is 11.4. The number of carbonyl (C=O) groups excluding carboxylic acids is 2. The van der Waals surface area contributed by atoms with Crippen LogP contribution in [0.25, 0.3) is 0 Å². The molecule has 1 atom stereocenters. The Balaban J connectivity index is 1.99. The molecular weight excluding hydrogens is 294 g/mol. The summed E-state index contributed by atoms with van der Waals surface area (Å²) >= 11 is 0. The van der Waals surface area contributed by atoms with Crippen molar-refractivity contribution in [3.8, 4) is 11.5 Å². The van der Waals surface area contributed by atoms with Gasteiger partial charge in [0, 0.05) is 14.1 Å². The molecule has 0 aliphatic heterocycles. The summed E-state index contributed by atoms with van der Waals surface area (Å²) in [7, 11) is 3.23. The van der Waals surface area contributed by atoms with E-state index in [2.05, 4.69) is 0 Å². The molecule has 0 radical (unpaired) electrons. The van der Waals surface area contributed by atoms with Gasteiger partial charge in [0.2, 0.25) is 0 Å². The molecule has 2 rings (SSSR count). The Labute approximate surface area is 135 Å². The van der Waals surface area contributed by atoms with Gasteiger partial charge in [-0.1, -0.05) is 18.2 Å². The SMILES string of the molecule is C[C@H](OC(=O)c1ccc(Oc2ccccc2)cc1)C(=O)N(C)C. The van der Waals surface area contributed by atoms with Gasteiger partial charge in [0.05, 0.1) is 5.56 Å². The van der Waals surface area contributed by atoms with Crippen LogP contribution in [0.5, 0.6) is 11.5 Å². The van der Waals surface area contributed by atoms with E-state index in [4.69, 9.17) is 9.47 Å². The van der Waals surface area contributed by atoms with Crippen molar-refractivity contribution in [3.63, 3.8) is 0 Å². The third kappa shape index (κ3) is 4.57. The maximum absolute atomic E-state index is 12.0. The highest BCUT2D eigenvalue weighted by molar-refractivity contribution is 5.92. The molecule has 5 nitrogen and oxygen atoms in total. The highest BCUT2D eigenvalue weighted by Crippen LogP contribution is 2.21. The van der Waals surface area contributed by atoms with E-state index in [9.17, 15) is 9.59 Å². The summed E-state index contributed by atoms with van der Waals surface area (Å²) in [6.45, 7) is 1.55.